The Morgan fingerprint density at radius 2 is 1.88 bits per heavy atom. The van der Waals surface area contributed by atoms with Gasteiger partial charge in [0.1, 0.15) is 12.1 Å². The first-order valence-electron chi connectivity index (χ1n) is 10.6. The van der Waals surface area contributed by atoms with Crippen molar-refractivity contribution >= 4 is 20.9 Å². The lowest BCUT2D eigenvalue weighted by Gasteiger charge is -2.19. The number of H-pyrrole nitrogens is 1. The Bertz CT molecular complexity index is 1510. The van der Waals surface area contributed by atoms with Crippen LogP contribution in [0.3, 0.4) is 0 Å². The van der Waals surface area contributed by atoms with E-state index < -0.39 is 10.0 Å². The zero-order chi connectivity index (χ0) is 23.5. The molecule has 5 rings (SSSR count). The normalized spacial score (nSPS) is 12.6. The summed E-state index contributed by atoms with van der Waals surface area (Å²) in [6.45, 7) is 0.172. The van der Waals surface area contributed by atoms with Crippen molar-refractivity contribution in [3.63, 3.8) is 0 Å². The fourth-order valence-corrected chi connectivity index (χ4v) is 5.06. The highest BCUT2D eigenvalue weighted by atomic mass is 32.2. The van der Waals surface area contributed by atoms with Crippen LogP contribution in [0.2, 0.25) is 0 Å². The number of ether oxygens (including phenoxy) is 1. The molecule has 0 bridgehead atoms. The first kappa shape index (κ1) is 21.8. The van der Waals surface area contributed by atoms with Crippen LogP contribution in [0.25, 0.3) is 16.6 Å². The van der Waals surface area contributed by atoms with Crippen LogP contribution in [-0.4, -0.2) is 47.3 Å². The largest absolute Gasteiger partial charge is 0.497 e. The second kappa shape index (κ2) is 9.08. The van der Waals surface area contributed by atoms with Crippen LogP contribution in [0.4, 0.5) is 0 Å². The van der Waals surface area contributed by atoms with Crippen molar-refractivity contribution in [2.45, 2.75) is 10.8 Å². The summed E-state index contributed by atoms with van der Waals surface area (Å²) in [7, 11) is -2.19. The predicted molar refractivity (Wildman–Crippen MR) is 127 cm³/mol. The maximum atomic E-state index is 13.2. The molecule has 0 saturated carbocycles. The molecule has 0 amide bonds. The van der Waals surface area contributed by atoms with Crippen LogP contribution in [0.15, 0.2) is 90.2 Å². The van der Waals surface area contributed by atoms with Gasteiger partial charge in [0.15, 0.2) is 0 Å². The molecule has 0 saturated heterocycles. The maximum absolute atomic E-state index is 13.2. The summed E-state index contributed by atoms with van der Waals surface area (Å²) in [5.41, 5.74) is 3.52. The molecule has 3 aromatic carbocycles. The van der Waals surface area contributed by atoms with E-state index in [1.54, 1.807) is 25.3 Å². The van der Waals surface area contributed by atoms with Gasteiger partial charge in [-0.2, -0.15) is 0 Å². The number of para-hydroxylation sites is 1. The fraction of sp³-hybridized carbons (Fsp3) is 0.125. The van der Waals surface area contributed by atoms with Crippen LogP contribution < -0.4 is 9.46 Å². The van der Waals surface area contributed by atoms with Gasteiger partial charge >= 0.3 is 0 Å². The molecule has 2 aromatic heterocycles. The lowest BCUT2D eigenvalue weighted by molar-refractivity contribution is 0.414. The molecule has 0 fully saturated rings. The predicted octanol–water partition coefficient (Wildman–Crippen LogP) is 3.26. The highest BCUT2D eigenvalue weighted by Gasteiger charge is 2.22. The van der Waals surface area contributed by atoms with Crippen molar-refractivity contribution in [2.75, 3.05) is 13.7 Å². The summed E-state index contributed by atoms with van der Waals surface area (Å²) in [6, 6.07) is 22.1. The summed E-state index contributed by atoms with van der Waals surface area (Å²) >= 11 is 0. The molecule has 9 nitrogen and oxygen atoms in total. The van der Waals surface area contributed by atoms with Crippen LogP contribution in [-0.2, 0) is 10.0 Å². The van der Waals surface area contributed by atoms with E-state index in [4.69, 9.17) is 4.74 Å². The van der Waals surface area contributed by atoms with Crippen molar-refractivity contribution in [1.82, 2.24) is 29.9 Å². The molecular weight excluding hydrogens is 452 g/mol. The minimum absolute atomic E-state index is 0.132. The number of fused-ring (bicyclic) bond motifs is 1. The van der Waals surface area contributed by atoms with Gasteiger partial charge in [0.2, 0.25) is 10.0 Å². The van der Waals surface area contributed by atoms with Gasteiger partial charge in [-0.25, -0.2) is 17.8 Å². The molecule has 2 heterocycles. The number of hydrogen-bond donors (Lipinski definition) is 2. The summed E-state index contributed by atoms with van der Waals surface area (Å²) in [5, 5.41) is 12.1. The second-order valence-electron chi connectivity index (χ2n) is 7.72. The molecule has 0 aliphatic carbocycles. The zero-order valence-corrected chi connectivity index (χ0v) is 19.1. The third-order valence-corrected chi connectivity index (χ3v) is 7.16. The number of tetrazole rings is 1. The quantitative estimate of drug-likeness (QED) is 0.357. The van der Waals surface area contributed by atoms with Crippen molar-refractivity contribution in [3.8, 4) is 11.4 Å². The number of aromatic nitrogens is 5. The van der Waals surface area contributed by atoms with E-state index in [1.807, 2.05) is 54.7 Å². The lowest BCUT2D eigenvalue weighted by atomic mass is 9.91. The average Bonchev–Trinajstić information content (AvgIpc) is 3.56. The van der Waals surface area contributed by atoms with Gasteiger partial charge in [-0.1, -0.05) is 36.4 Å². The molecule has 0 unspecified atom stereocenters. The molecule has 2 N–H and O–H groups in total. The van der Waals surface area contributed by atoms with E-state index in [1.165, 1.54) is 17.1 Å². The highest BCUT2D eigenvalue weighted by molar-refractivity contribution is 7.89. The Labute approximate surface area is 196 Å². The number of sulfonamides is 1. The van der Waals surface area contributed by atoms with Crippen LogP contribution in [0.5, 0.6) is 5.75 Å². The molecule has 10 heteroatoms. The SMILES string of the molecule is COc1ccc([C@H](CNS(=O)(=O)c2cccc(-n3cnnn3)c2)c2c[nH]c3ccccc23)cc1. The van der Waals surface area contributed by atoms with Crippen molar-refractivity contribution in [1.29, 1.82) is 0 Å². The molecule has 34 heavy (non-hydrogen) atoms. The van der Waals surface area contributed by atoms with E-state index in [0.29, 0.717) is 5.69 Å². The molecule has 0 spiro atoms. The molecule has 0 aliphatic rings. The summed E-state index contributed by atoms with van der Waals surface area (Å²) in [5.74, 6) is 0.515. The van der Waals surface area contributed by atoms with Gasteiger partial charge in [0.25, 0.3) is 0 Å². The number of rotatable bonds is 8. The van der Waals surface area contributed by atoms with Crippen LogP contribution >= 0.6 is 0 Å². The number of nitrogens with one attached hydrogen (secondary N) is 2. The molecule has 0 aliphatic heterocycles. The Kier molecular flexibility index (Phi) is 5.83. The zero-order valence-electron chi connectivity index (χ0n) is 18.3. The minimum atomic E-state index is -3.80. The molecular formula is C24H22N6O3S. The Morgan fingerprint density at radius 1 is 1.06 bits per heavy atom. The topological polar surface area (TPSA) is 115 Å². The second-order valence-corrected chi connectivity index (χ2v) is 9.49. The monoisotopic (exact) mass is 474 g/mol. The van der Waals surface area contributed by atoms with Crippen LogP contribution in [0, 0.1) is 0 Å². The molecule has 0 radical (unpaired) electrons. The Hall–Kier alpha value is -4.02. The first-order chi connectivity index (χ1) is 16.5. The van der Waals surface area contributed by atoms with Crippen molar-refractivity contribution in [2.24, 2.45) is 0 Å². The third-order valence-electron chi connectivity index (χ3n) is 5.73. The minimum Gasteiger partial charge on any atom is -0.497 e. The van der Waals surface area contributed by atoms with E-state index in [0.717, 1.165) is 27.8 Å². The first-order valence-corrected chi connectivity index (χ1v) is 12.1. The standard InChI is InChI=1S/C24H22N6O3S/c1-33-19-11-9-17(10-12-19)22(23-14-25-24-8-3-2-7-21(23)24)15-27-34(31,32)20-6-4-5-18(13-20)30-16-26-28-29-30/h2-14,16,22,25,27H,15H2,1H3/t22-/m0/s1. The molecule has 1 atom stereocenters. The Balaban J connectivity index is 1.47. The number of methoxy groups -OCH3 is 1. The van der Waals surface area contributed by atoms with E-state index >= 15 is 0 Å². The van der Waals surface area contributed by atoms with E-state index in [2.05, 4.69) is 25.2 Å². The number of nitrogens with zero attached hydrogens (tertiary/aromatic N) is 4. The number of aromatic amines is 1. The van der Waals surface area contributed by atoms with Gasteiger partial charge in [0.05, 0.1) is 17.7 Å². The van der Waals surface area contributed by atoms with Gasteiger partial charge in [-0.3, -0.25) is 0 Å². The van der Waals surface area contributed by atoms with Crippen molar-refractivity contribution < 1.29 is 13.2 Å². The number of benzene rings is 3. The highest BCUT2D eigenvalue weighted by Crippen LogP contribution is 2.32. The summed E-state index contributed by atoms with van der Waals surface area (Å²) in [4.78, 5) is 3.42. The van der Waals surface area contributed by atoms with E-state index in [9.17, 15) is 8.42 Å². The van der Waals surface area contributed by atoms with E-state index in [-0.39, 0.29) is 17.4 Å². The smallest absolute Gasteiger partial charge is 0.240 e. The molecule has 172 valence electrons. The van der Waals surface area contributed by atoms with Crippen molar-refractivity contribution in [3.05, 3.63) is 96.4 Å². The molecule has 5 aromatic rings. The van der Waals surface area contributed by atoms with Gasteiger partial charge < -0.3 is 9.72 Å². The van der Waals surface area contributed by atoms with Gasteiger partial charge in [-0.15, -0.1) is 5.10 Å². The van der Waals surface area contributed by atoms with Gasteiger partial charge in [0, 0.05) is 29.6 Å². The third kappa shape index (κ3) is 4.28. The fourth-order valence-electron chi connectivity index (χ4n) is 3.97. The van der Waals surface area contributed by atoms with Crippen LogP contribution in [0.1, 0.15) is 17.0 Å². The maximum Gasteiger partial charge on any atom is 0.240 e. The number of hydrogen-bond acceptors (Lipinski definition) is 6. The summed E-state index contributed by atoms with van der Waals surface area (Å²) < 4.78 is 35.9. The lowest BCUT2D eigenvalue weighted by Crippen LogP contribution is -2.29. The Morgan fingerprint density at radius 3 is 2.65 bits per heavy atom. The average molecular weight is 475 g/mol. The summed E-state index contributed by atoms with van der Waals surface area (Å²) in [6.07, 6.45) is 3.35. The van der Waals surface area contributed by atoms with Gasteiger partial charge in [-0.05, 0) is 58.0 Å².